The van der Waals surface area contributed by atoms with Crippen LogP contribution in [0.4, 0.5) is 5.69 Å². The van der Waals surface area contributed by atoms with Crippen molar-refractivity contribution in [3.8, 4) is 0 Å². The normalized spacial score (nSPS) is 11.9. The summed E-state index contributed by atoms with van der Waals surface area (Å²) in [5.41, 5.74) is 1.75. The summed E-state index contributed by atoms with van der Waals surface area (Å²) in [6.45, 7) is 3.54. The van der Waals surface area contributed by atoms with Gasteiger partial charge in [0.25, 0.3) is 5.56 Å². The van der Waals surface area contributed by atoms with Crippen molar-refractivity contribution < 1.29 is 14.3 Å². The molecule has 0 saturated carbocycles. The lowest BCUT2D eigenvalue weighted by molar-refractivity contribution is -0.118. The van der Waals surface area contributed by atoms with Crippen molar-refractivity contribution in [2.75, 3.05) is 11.9 Å². The predicted octanol–water partition coefficient (Wildman–Crippen LogP) is 5.02. The first-order valence-corrected chi connectivity index (χ1v) is 11.8. The number of fused-ring (bicyclic) bond motifs is 1. The Morgan fingerprint density at radius 1 is 1.15 bits per heavy atom. The lowest BCUT2D eigenvalue weighted by atomic mass is 10.2. The summed E-state index contributed by atoms with van der Waals surface area (Å²) in [7, 11) is 0. The van der Waals surface area contributed by atoms with Crippen LogP contribution in [0.5, 0.6) is 0 Å². The fraction of sp³-hybridized carbons (Fsp3) is 0.200. The second-order valence-electron chi connectivity index (χ2n) is 7.74. The van der Waals surface area contributed by atoms with Gasteiger partial charge in [-0.2, -0.15) is 0 Å². The zero-order valence-corrected chi connectivity index (χ0v) is 20.2. The Hall–Kier alpha value is -3.49. The number of halogens is 1. The van der Waals surface area contributed by atoms with E-state index in [-0.39, 0.29) is 18.1 Å². The largest absolute Gasteiger partial charge is 0.461 e. The Morgan fingerprint density at radius 3 is 2.56 bits per heavy atom. The van der Waals surface area contributed by atoms with Crippen LogP contribution in [0.3, 0.4) is 0 Å². The first kappa shape index (κ1) is 23.7. The third-order valence-electron chi connectivity index (χ3n) is 5.44. The molecule has 9 heteroatoms. The third-order valence-corrected chi connectivity index (χ3v) is 6.87. The number of aryl methyl sites for hydroxylation is 1. The van der Waals surface area contributed by atoms with E-state index in [1.54, 1.807) is 38.1 Å². The highest BCUT2D eigenvalue weighted by Crippen LogP contribution is 2.28. The fourth-order valence-corrected chi connectivity index (χ4v) is 4.64. The van der Waals surface area contributed by atoms with E-state index in [0.29, 0.717) is 37.8 Å². The van der Waals surface area contributed by atoms with Gasteiger partial charge in [-0.1, -0.05) is 41.9 Å². The number of nitrogens with zero attached hydrogens (tertiary/aromatic N) is 2. The van der Waals surface area contributed by atoms with E-state index < -0.39 is 12.0 Å². The Balaban J connectivity index is 1.52. The van der Waals surface area contributed by atoms with E-state index in [9.17, 15) is 14.4 Å². The molecule has 0 aliphatic heterocycles. The summed E-state index contributed by atoms with van der Waals surface area (Å²) in [6.07, 6.45) is 1.93. The second kappa shape index (κ2) is 10.2. The number of carbonyl (C=O) groups is 2. The molecule has 2 heterocycles. The minimum Gasteiger partial charge on any atom is -0.461 e. The number of ether oxygens (including phenoxy) is 1. The molecule has 174 valence electrons. The van der Waals surface area contributed by atoms with E-state index in [1.165, 1.54) is 10.9 Å². The first-order chi connectivity index (χ1) is 16.3. The van der Waals surface area contributed by atoms with Gasteiger partial charge in [0.05, 0.1) is 18.3 Å². The molecular formula is C25H22ClN3O4S. The van der Waals surface area contributed by atoms with Crippen LogP contribution in [0.25, 0.3) is 10.2 Å². The Kier molecular flexibility index (Phi) is 7.09. The van der Waals surface area contributed by atoms with Crippen LogP contribution in [-0.2, 0) is 16.0 Å². The number of amides is 1. The highest BCUT2D eigenvalue weighted by molar-refractivity contribution is 7.20. The second-order valence-corrected chi connectivity index (χ2v) is 9.17. The van der Waals surface area contributed by atoms with Crippen molar-refractivity contribution in [1.29, 1.82) is 0 Å². The van der Waals surface area contributed by atoms with E-state index in [1.807, 2.05) is 30.3 Å². The standard InChI is InChI=1S/C25H22ClN3O4S/c1-15-20-23(34-21(15)25(32)33-13-12-17-6-4-3-5-7-17)27-14-29(24(20)31)16(2)22(30)28-19-10-8-18(26)9-11-19/h3-11,14,16H,12-13H2,1-2H3,(H,28,30). The minimum atomic E-state index is -0.819. The van der Waals surface area contributed by atoms with Gasteiger partial charge >= 0.3 is 5.97 Å². The number of esters is 1. The first-order valence-electron chi connectivity index (χ1n) is 10.6. The molecule has 0 aliphatic carbocycles. The van der Waals surface area contributed by atoms with Gasteiger partial charge in [0.1, 0.15) is 15.7 Å². The zero-order valence-electron chi connectivity index (χ0n) is 18.6. The lowest BCUT2D eigenvalue weighted by Crippen LogP contribution is -2.31. The number of anilines is 1. The quantitative estimate of drug-likeness (QED) is 0.363. The Bertz CT molecular complexity index is 1400. The number of hydrogen-bond donors (Lipinski definition) is 1. The molecule has 1 atom stereocenters. The van der Waals surface area contributed by atoms with E-state index in [0.717, 1.165) is 16.9 Å². The van der Waals surface area contributed by atoms with Crippen LogP contribution in [0.15, 0.2) is 65.7 Å². The molecule has 4 rings (SSSR count). The number of carbonyl (C=O) groups excluding carboxylic acids is 2. The number of rotatable bonds is 7. The molecule has 1 amide bonds. The molecule has 2 aromatic heterocycles. The zero-order chi connectivity index (χ0) is 24.2. The molecule has 7 nitrogen and oxygen atoms in total. The number of nitrogens with one attached hydrogen (secondary N) is 1. The molecule has 0 aliphatic rings. The molecular weight excluding hydrogens is 474 g/mol. The topological polar surface area (TPSA) is 90.3 Å². The number of hydrogen-bond acceptors (Lipinski definition) is 6. The molecule has 34 heavy (non-hydrogen) atoms. The average molecular weight is 496 g/mol. The SMILES string of the molecule is Cc1c(C(=O)OCCc2ccccc2)sc2ncn(C(C)C(=O)Nc3ccc(Cl)cc3)c(=O)c12. The molecule has 0 radical (unpaired) electrons. The summed E-state index contributed by atoms with van der Waals surface area (Å²) < 4.78 is 6.70. The molecule has 1 unspecified atom stereocenters. The van der Waals surface area contributed by atoms with Crippen molar-refractivity contribution in [2.45, 2.75) is 26.3 Å². The van der Waals surface area contributed by atoms with Crippen LogP contribution in [0, 0.1) is 6.92 Å². The number of aromatic nitrogens is 2. The lowest BCUT2D eigenvalue weighted by Gasteiger charge is -2.15. The van der Waals surface area contributed by atoms with Gasteiger partial charge in [0.15, 0.2) is 0 Å². The van der Waals surface area contributed by atoms with Gasteiger partial charge in [-0.25, -0.2) is 9.78 Å². The van der Waals surface area contributed by atoms with Crippen LogP contribution in [0.1, 0.15) is 33.8 Å². The maximum absolute atomic E-state index is 13.2. The highest BCUT2D eigenvalue weighted by Gasteiger charge is 2.23. The van der Waals surface area contributed by atoms with E-state index >= 15 is 0 Å². The van der Waals surface area contributed by atoms with Crippen molar-refractivity contribution in [1.82, 2.24) is 9.55 Å². The third kappa shape index (κ3) is 5.03. The summed E-state index contributed by atoms with van der Waals surface area (Å²) in [5.74, 6) is -0.866. The molecule has 4 aromatic rings. The van der Waals surface area contributed by atoms with Gasteiger partial charge in [0, 0.05) is 17.1 Å². The summed E-state index contributed by atoms with van der Waals surface area (Å²) in [5, 5.41) is 3.63. The van der Waals surface area contributed by atoms with Gasteiger partial charge < -0.3 is 10.1 Å². The molecule has 0 fully saturated rings. The summed E-state index contributed by atoms with van der Waals surface area (Å²) in [4.78, 5) is 43.7. The number of benzene rings is 2. The summed E-state index contributed by atoms with van der Waals surface area (Å²) in [6, 6.07) is 15.6. The Labute approximate surface area is 205 Å². The monoisotopic (exact) mass is 495 g/mol. The molecule has 1 N–H and O–H groups in total. The van der Waals surface area contributed by atoms with Gasteiger partial charge in [-0.05, 0) is 49.2 Å². The van der Waals surface area contributed by atoms with Gasteiger partial charge in [0.2, 0.25) is 5.91 Å². The van der Waals surface area contributed by atoms with Crippen LogP contribution >= 0.6 is 22.9 Å². The number of thiophene rings is 1. The van der Waals surface area contributed by atoms with E-state index in [4.69, 9.17) is 16.3 Å². The summed E-state index contributed by atoms with van der Waals surface area (Å²) >= 11 is 6.99. The van der Waals surface area contributed by atoms with Crippen molar-refractivity contribution in [2.24, 2.45) is 0 Å². The van der Waals surface area contributed by atoms with Gasteiger partial charge in [-0.15, -0.1) is 11.3 Å². The molecule has 0 bridgehead atoms. The molecule has 2 aromatic carbocycles. The Morgan fingerprint density at radius 2 is 1.85 bits per heavy atom. The van der Waals surface area contributed by atoms with E-state index in [2.05, 4.69) is 10.3 Å². The molecule has 0 spiro atoms. The van der Waals surface area contributed by atoms with Crippen molar-refractivity contribution in [3.05, 3.63) is 92.3 Å². The van der Waals surface area contributed by atoms with Gasteiger partial charge in [-0.3, -0.25) is 14.2 Å². The smallest absolute Gasteiger partial charge is 0.348 e. The maximum atomic E-state index is 13.2. The average Bonchev–Trinajstić information content (AvgIpc) is 3.18. The van der Waals surface area contributed by atoms with Crippen molar-refractivity contribution >= 4 is 50.7 Å². The highest BCUT2D eigenvalue weighted by atomic mass is 35.5. The van der Waals surface area contributed by atoms with Crippen LogP contribution < -0.4 is 10.9 Å². The van der Waals surface area contributed by atoms with Crippen LogP contribution in [-0.4, -0.2) is 28.0 Å². The molecule has 0 saturated heterocycles. The van der Waals surface area contributed by atoms with Crippen molar-refractivity contribution in [3.63, 3.8) is 0 Å². The van der Waals surface area contributed by atoms with Crippen LogP contribution in [0.2, 0.25) is 5.02 Å². The predicted molar refractivity (Wildman–Crippen MR) is 134 cm³/mol. The fourth-order valence-electron chi connectivity index (χ4n) is 3.49. The maximum Gasteiger partial charge on any atom is 0.348 e. The minimum absolute atomic E-state index is 0.232.